The van der Waals surface area contributed by atoms with Gasteiger partial charge in [-0.3, -0.25) is 14.5 Å². The van der Waals surface area contributed by atoms with Gasteiger partial charge in [0, 0.05) is 26.2 Å². The Balaban J connectivity index is 1.55. The van der Waals surface area contributed by atoms with Gasteiger partial charge < -0.3 is 15.0 Å². The Labute approximate surface area is 228 Å². The van der Waals surface area contributed by atoms with E-state index in [1.807, 2.05) is 84.9 Å². The molecule has 3 amide bonds. The molecule has 1 N–H and O–H groups in total. The molecule has 1 heterocycles. The molecule has 3 aromatic rings. The third-order valence-electron chi connectivity index (χ3n) is 7.35. The highest BCUT2D eigenvalue weighted by molar-refractivity contribution is 6.06. The zero-order valence-electron chi connectivity index (χ0n) is 22.3. The van der Waals surface area contributed by atoms with Crippen molar-refractivity contribution in [3.8, 4) is 6.07 Å². The summed E-state index contributed by atoms with van der Waals surface area (Å²) in [4.78, 5) is 42.5. The third kappa shape index (κ3) is 5.93. The number of hydrogen-bond donors (Lipinski definition) is 1. The minimum atomic E-state index is -0.985. The van der Waals surface area contributed by atoms with Crippen LogP contribution in [0.2, 0.25) is 0 Å². The summed E-state index contributed by atoms with van der Waals surface area (Å²) >= 11 is 0. The average molecular weight is 525 g/mol. The molecule has 1 aliphatic rings. The van der Waals surface area contributed by atoms with Crippen molar-refractivity contribution in [3.05, 3.63) is 102 Å². The molecule has 0 unspecified atom stereocenters. The predicted octanol–water partition coefficient (Wildman–Crippen LogP) is 4.52. The molecule has 0 radical (unpaired) electrons. The van der Waals surface area contributed by atoms with Crippen LogP contribution >= 0.6 is 0 Å². The number of hydrogen-bond acceptors (Lipinski definition) is 5. The van der Waals surface area contributed by atoms with Crippen molar-refractivity contribution in [2.45, 2.75) is 43.9 Å². The molecule has 3 aromatic carbocycles. The SMILES string of the molecule is CN(C(=O)[C@H](Cc1ccccc1)N(C)C(=O)OCc1ccccc1)[C@H](C#N)C[C@@]1(C)C(=O)Nc2ccccc21. The highest BCUT2D eigenvalue weighted by Crippen LogP contribution is 2.41. The van der Waals surface area contributed by atoms with Crippen molar-refractivity contribution in [2.24, 2.45) is 0 Å². The van der Waals surface area contributed by atoms with Gasteiger partial charge >= 0.3 is 6.09 Å². The van der Waals surface area contributed by atoms with Gasteiger partial charge in [0.2, 0.25) is 11.8 Å². The molecular formula is C31H32N4O4. The quantitative estimate of drug-likeness (QED) is 0.444. The smallest absolute Gasteiger partial charge is 0.410 e. The van der Waals surface area contributed by atoms with Gasteiger partial charge in [-0.1, -0.05) is 78.9 Å². The average Bonchev–Trinajstić information content (AvgIpc) is 3.22. The Morgan fingerprint density at radius 1 is 0.923 bits per heavy atom. The maximum atomic E-state index is 13.9. The van der Waals surface area contributed by atoms with E-state index in [4.69, 9.17) is 4.74 Å². The maximum Gasteiger partial charge on any atom is 0.410 e. The molecule has 200 valence electrons. The van der Waals surface area contributed by atoms with Gasteiger partial charge in [-0.05, 0) is 36.1 Å². The molecule has 0 spiro atoms. The molecule has 4 rings (SSSR count). The van der Waals surface area contributed by atoms with Crippen LogP contribution in [0.25, 0.3) is 0 Å². The highest BCUT2D eigenvalue weighted by atomic mass is 16.6. The summed E-state index contributed by atoms with van der Waals surface area (Å²) in [6.07, 6.45) is -0.305. The number of amides is 3. The van der Waals surface area contributed by atoms with Crippen molar-refractivity contribution in [1.29, 1.82) is 5.26 Å². The van der Waals surface area contributed by atoms with Crippen molar-refractivity contribution in [1.82, 2.24) is 9.80 Å². The van der Waals surface area contributed by atoms with E-state index in [1.165, 1.54) is 16.8 Å². The summed E-state index contributed by atoms with van der Waals surface area (Å²) in [5.74, 6) is -0.632. The standard InChI is InChI=1S/C31H32N4O4/c1-31(25-16-10-11-17-26(25)33-29(31)37)19-24(20-32)34(2)28(36)27(18-22-12-6-4-7-13-22)35(3)30(38)39-21-23-14-8-5-9-15-23/h4-17,24,27H,18-19,21H2,1-3H3,(H,33,37)/t24-,27-,31+/m0/s1. The second kappa shape index (κ2) is 11.8. The second-order valence-corrected chi connectivity index (χ2v) is 9.99. The number of ether oxygens (including phenoxy) is 1. The van der Waals surface area contributed by atoms with Crippen LogP contribution in [0.3, 0.4) is 0 Å². The molecular weight excluding hydrogens is 492 g/mol. The number of carbonyl (C=O) groups is 3. The first-order chi connectivity index (χ1) is 18.7. The lowest BCUT2D eigenvalue weighted by molar-refractivity contribution is -0.136. The molecule has 0 saturated carbocycles. The summed E-state index contributed by atoms with van der Waals surface area (Å²) in [6, 6.07) is 26.4. The van der Waals surface area contributed by atoms with Gasteiger partial charge in [0.05, 0.1) is 11.5 Å². The lowest BCUT2D eigenvalue weighted by atomic mass is 9.78. The lowest BCUT2D eigenvalue weighted by Crippen LogP contribution is -2.53. The number of likely N-dealkylation sites (N-methyl/N-ethyl adjacent to an activating group) is 2. The van der Waals surface area contributed by atoms with Crippen LogP contribution in [0, 0.1) is 11.3 Å². The number of fused-ring (bicyclic) bond motifs is 1. The topological polar surface area (TPSA) is 103 Å². The Kier molecular flexibility index (Phi) is 8.30. The van der Waals surface area contributed by atoms with E-state index in [9.17, 15) is 19.6 Å². The number of rotatable bonds is 9. The van der Waals surface area contributed by atoms with Gasteiger partial charge in [0.15, 0.2) is 0 Å². The van der Waals surface area contributed by atoms with E-state index in [1.54, 1.807) is 14.0 Å². The van der Waals surface area contributed by atoms with E-state index in [2.05, 4.69) is 11.4 Å². The minimum absolute atomic E-state index is 0.0692. The van der Waals surface area contributed by atoms with E-state index < -0.39 is 29.5 Å². The zero-order valence-corrected chi connectivity index (χ0v) is 22.3. The number of carbonyl (C=O) groups excluding carboxylic acids is 3. The van der Waals surface area contributed by atoms with Crippen LogP contribution in [-0.2, 0) is 32.8 Å². The van der Waals surface area contributed by atoms with Crippen molar-refractivity contribution in [2.75, 3.05) is 19.4 Å². The molecule has 0 saturated heterocycles. The highest BCUT2D eigenvalue weighted by Gasteiger charge is 2.45. The number of nitriles is 1. The Morgan fingerprint density at radius 3 is 2.15 bits per heavy atom. The lowest BCUT2D eigenvalue weighted by Gasteiger charge is -2.34. The molecule has 1 aliphatic heterocycles. The molecule has 0 fully saturated rings. The summed E-state index contributed by atoms with van der Waals surface area (Å²) in [5.41, 5.74) is 2.20. The minimum Gasteiger partial charge on any atom is -0.445 e. The fourth-order valence-corrected chi connectivity index (χ4v) is 4.88. The summed E-state index contributed by atoms with van der Waals surface area (Å²) in [5, 5.41) is 13.0. The Hall–Kier alpha value is -4.64. The number of nitrogens with zero attached hydrogens (tertiary/aromatic N) is 3. The largest absolute Gasteiger partial charge is 0.445 e. The molecule has 0 bridgehead atoms. The van der Waals surface area contributed by atoms with Gasteiger partial charge in [0.25, 0.3) is 0 Å². The van der Waals surface area contributed by atoms with Crippen LogP contribution < -0.4 is 5.32 Å². The number of benzene rings is 3. The number of anilines is 1. The molecule has 0 aromatic heterocycles. The number of nitrogens with one attached hydrogen (secondary N) is 1. The summed E-state index contributed by atoms with van der Waals surface area (Å²) in [6.45, 7) is 1.85. The van der Waals surface area contributed by atoms with Crippen LogP contribution in [0.4, 0.5) is 10.5 Å². The molecule has 39 heavy (non-hydrogen) atoms. The fourth-order valence-electron chi connectivity index (χ4n) is 4.88. The normalized spacial score (nSPS) is 17.2. The fraction of sp³-hybridized carbons (Fsp3) is 0.290. The van der Waals surface area contributed by atoms with Gasteiger partial charge in [0.1, 0.15) is 18.7 Å². The van der Waals surface area contributed by atoms with E-state index >= 15 is 0 Å². The molecule has 0 aliphatic carbocycles. The first kappa shape index (κ1) is 27.4. The maximum absolute atomic E-state index is 13.9. The molecule has 3 atom stereocenters. The van der Waals surface area contributed by atoms with Gasteiger partial charge in [-0.15, -0.1) is 0 Å². The van der Waals surface area contributed by atoms with Crippen LogP contribution in [0.5, 0.6) is 0 Å². The first-order valence-corrected chi connectivity index (χ1v) is 12.8. The third-order valence-corrected chi connectivity index (χ3v) is 7.35. The van der Waals surface area contributed by atoms with Gasteiger partial charge in [-0.25, -0.2) is 4.79 Å². The predicted molar refractivity (Wildman–Crippen MR) is 148 cm³/mol. The summed E-state index contributed by atoms with van der Waals surface area (Å²) < 4.78 is 5.50. The van der Waals surface area contributed by atoms with E-state index in [0.717, 1.165) is 16.7 Å². The van der Waals surface area contributed by atoms with Crippen LogP contribution in [-0.4, -0.2) is 53.9 Å². The van der Waals surface area contributed by atoms with Crippen LogP contribution in [0.1, 0.15) is 30.0 Å². The van der Waals surface area contributed by atoms with E-state index in [-0.39, 0.29) is 25.4 Å². The van der Waals surface area contributed by atoms with Crippen molar-refractivity contribution < 1.29 is 19.1 Å². The van der Waals surface area contributed by atoms with Gasteiger partial charge in [-0.2, -0.15) is 5.26 Å². The monoisotopic (exact) mass is 524 g/mol. The first-order valence-electron chi connectivity index (χ1n) is 12.8. The van der Waals surface area contributed by atoms with Crippen molar-refractivity contribution in [3.63, 3.8) is 0 Å². The summed E-state index contributed by atoms with van der Waals surface area (Å²) in [7, 11) is 3.06. The second-order valence-electron chi connectivity index (χ2n) is 9.99. The Morgan fingerprint density at radius 2 is 1.51 bits per heavy atom. The zero-order chi connectivity index (χ0) is 28.0. The Bertz CT molecular complexity index is 1370. The van der Waals surface area contributed by atoms with E-state index in [0.29, 0.717) is 5.69 Å². The number of para-hydroxylation sites is 1. The van der Waals surface area contributed by atoms with Crippen LogP contribution in [0.15, 0.2) is 84.9 Å². The van der Waals surface area contributed by atoms with Crippen molar-refractivity contribution >= 4 is 23.6 Å². The molecule has 8 nitrogen and oxygen atoms in total. The molecule has 8 heteroatoms.